The van der Waals surface area contributed by atoms with Crippen LogP contribution in [0.25, 0.3) is 0 Å². The third-order valence-electron chi connectivity index (χ3n) is 5.18. The molecule has 0 aliphatic carbocycles. The Labute approximate surface area is 191 Å². The zero-order valence-corrected chi connectivity index (χ0v) is 18.3. The predicted octanol–water partition coefficient (Wildman–Crippen LogP) is 5.10. The second-order valence-corrected chi connectivity index (χ2v) is 8.52. The highest BCUT2D eigenvalue weighted by atomic mass is 32.2. The molecule has 0 saturated carbocycles. The van der Waals surface area contributed by atoms with Crippen molar-refractivity contribution in [1.29, 1.82) is 0 Å². The topological polar surface area (TPSA) is 70.1 Å². The van der Waals surface area contributed by atoms with E-state index in [2.05, 4.69) is 0 Å². The molecular weight excluding hydrogens is 424 g/mol. The van der Waals surface area contributed by atoms with Crippen molar-refractivity contribution in [2.45, 2.75) is 13.2 Å². The maximum absolute atomic E-state index is 12.4. The van der Waals surface area contributed by atoms with Gasteiger partial charge in [0.25, 0.3) is 5.91 Å². The van der Waals surface area contributed by atoms with Crippen molar-refractivity contribution in [2.75, 3.05) is 23.1 Å². The van der Waals surface area contributed by atoms with Crippen molar-refractivity contribution in [3.63, 3.8) is 0 Å². The molecule has 164 valence electrons. The monoisotopic (exact) mass is 448 g/mol. The number of carbonyl (C=O) groups is 2. The summed E-state index contributed by atoms with van der Waals surface area (Å²) >= 11 is 1.77. The second kappa shape index (κ2) is 10.2. The quantitative estimate of drug-likeness (QED) is 0.545. The Hall–Kier alpha value is -3.45. The van der Waals surface area contributed by atoms with Gasteiger partial charge in [0.15, 0.2) is 0 Å². The van der Waals surface area contributed by atoms with Gasteiger partial charge in [0.05, 0.1) is 12.4 Å². The van der Waals surface area contributed by atoms with Gasteiger partial charge < -0.3 is 14.7 Å². The highest BCUT2D eigenvalue weighted by Crippen LogP contribution is 2.21. The number of hydrogen-bond donors (Lipinski definition) is 1. The molecule has 2 amide bonds. The highest BCUT2D eigenvalue weighted by Gasteiger charge is 2.19. The summed E-state index contributed by atoms with van der Waals surface area (Å²) in [6.07, 6.45) is -1.01. The Morgan fingerprint density at radius 2 is 1.75 bits per heavy atom. The average molecular weight is 449 g/mol. The predicted molar refractivity (Wildman–Crippen MR) is 126 cm³/mol. The number of thioether (sulfide) groups is 1. The smallest absolute Gasteiger partial charge is 0.412 e. The van der Waals surface area contributed by atoms with Gasteiger partial charge in [-0.1, -0.05) is 42.5 Å². The number of ether oxygens (including phenoxy) is 1. The molecule has 1 saturated heterocycles. The fourth-order valence-electron chi connectivity index (χ4n) is 3.46. The number of carboxylic acid groups (broad SMARTS) is 1. The first kappa shape index (κ1) is 21.8. The molecule has 1 aliphatic rings. The second-order valence-electron chi connectivity index (χ2n) is 7.44. The van der Waals surface area contributed by atoms with Crippen LogP contribution in [0, 0.1) is 0 Å². The molecule has 0 unspecified atom stereocenters. The van der Waals surface area contributed by atoms with Crippen molar-refractivity contribution < 1.29 is 19.4 Å². The van der Waals surface area contributed by atoms with Crippen molar-refractivity contribution in [3.8, 4) is 5.75 Å². The van der Waals surface area contributed by atoms with Crippen LogP contribution in [0.2, 0.25) is 0 Å². The number of carbonyl (C=O) groups excluding carboxylic acids is 1. The summed E-state index contributed by atoms with van der Waals surface area (Å²) in [7, 11) is 0. The van der Waals surface area contributed by atoms with Crippen LogP contribution in [0.5, 0.6) is 5.75 Å². The van der Waals surface area contributed by atoms with E-state index in [4.69, 9.17) is 4.74 Å². The third kappa shape index (κ3) is 5.42. The minimum absolute atomic E-state index is 0.0663. The van der Waals surface area contributed by atoms with E-state index in [0.29, 0.717) is 23.6 Å². The van der Waals surface area contributed by atoms with E-state index in [0.717, 1.165) is 29.3 Å². The number of hydrogen-bond acceptors (Lipinski definition) is 4. The molecule has 3 aromatic carbocycles. The molecule has 0 radical (unpaired) electrons. The molecule has 4 rings (SSSR count). The largest absolute Gasteiger partial charge is 0.489 e. The van der Waals surface area contributed by atoms with E-state index in [9.17, 15) is 14.7 Å². The molecule has 1 N–H and O–H groups in total. The number of nitrogens with zero attached hydrogens (tertiary/aromatic N) is 2. The number of benzene rings is 3. The zero-order chi connectivity index (χ0) is 22.3. The van der Waals surface area contributed by atoms with Gasteiger partial charge in [-0.2, -0.15) is 0 Å². The summed E-state index contributed by atoms with van der Waals surface area (Å²) in [6.45, 7) is 1.38. The van der Waals surface area contributed by atoms with Gasteiger partial charge in [0.1, 0.15) is 12.4 Å². The molecule has 6 nitrogen and oxygen atoms in total. The van der Waals surface area contributed by atoms with Crippen LogP contribution in [-0.4, -0.2) is 40.2 Å². The lowest BCUT2D eigenvalue weighted by Crippen LogP contribution is -2.28. The molecule has 3 aromatic rings. The summed E-state index contributed by atoms with van der Waals surface area (Å²) in [5.74, 6) is 2.47. The average Bonchev–Trinajstić information content (AvgIpc) is 3.37. The van der Waals surface area contributed by atoms with Crippen LogP contribution in [0.3, 0.4) is 0 Å². The Morgan fingerprint density at radius 1 is 0.969 bits per heavy atom. The van der Waals surface area contributed by atoms with E-state index in [1.54, 1.807) is 23.9 Å². The van der Waals surface area contributed by atoms with Gasteiger partial charge in [0, 0.05) is 23.5 Å². The lowest BCUT2D eigenvalue weighted by Gasteiger charge is -2.19. The van der Waals surface area contributed by atoms with Crippen molar-refractivity contribution in [3.05, 3.63) is 95.6 Å². The first-order chi connectivity index (χ1) is 15.6. The molecule has 1 fully saturated rings. The van der Waals surface area contributed by atoms with E-state index < -0.39 is 6.09 Å². The molecule has 32 heavy (non-hydrogen) atoms. The molecule has 7 heteroatoms. The first-order valence-corrected chi connectivity index (χ1v) is 11.5. The SMILES string of the molecule is O=C(c1ccc(COc2cccc(CN(C(=O)O)c3ccccc3)c2)cc1)N1CCSC1. The molecular formula is C25H24N2O4S. The standard InChI is InChI=1S/C25H24N2O4S/c28-24(26-13-14-32-18-26)21-11-9-19(10-12-21)17-31-23-8-4-5-20(15-23)16-27(25(29)30)22-6-2-1-3-7-22/h1-12,15H,13-14,16-18H2,(H,29,30). The van der Waals surface area contributed by atoms with E-state index >= 15 is 0 Å². The fraction of sp³-hybridized carbons (Fsp3) is 0.200. The fourth-order valence-corrected chi connectivity index (χ4v) is 4.41. The van der Waals surface area contributed by atoms with Crippen LogP contribution < -0.4 is 9.64 Å². The lowest BCUT2D eigenvalue weighted by molar-refractivity contribution is 0.0802. The third-order valence-corrected chi connectivity index (χ3v) is 6.15. The van der Waals surface area contributed by atoms with Crippen LogP contribution in [0.4, 0.5) is 10.5 Å². The number of anilines is 1. The van der Waals surface area contributed by atoms with Gasteiger partial charge in [0.2, 0.25) is 0 Å². The Balaban J connectivity index is 1.37. The molecule has 1 heterocycles. The van der Waals surface area contributed by atoms with Crippen molar-refractivity contribution in [2.24, 2.45) is 0 Å². The number of rotatable bonds is 7. The van der Waals surface area contributed by atoms with Gasteiger partial charge >= 0.3 is 6.09 Å². The zero-order valence-electron chi connectivity index (χ0n) is 17.5. The maximum atomic E-state index is 12.4. The summed E-state index contributed by atoms with van der Waals surface area (Å²) < 4.78 is 5.92. The lowest BCUT2D eigenvalue weighted by atomic mass is 10.1. The van der Waals surface area contributed by atoms with Crippen LogP contribution in [-0.2, 0) is 13.2 Å². The van der Waals surface area contributed by atoms with Gasteiger partial charge in [-0.15, -0.1) is 11.8 Å². The normalized spacial score (nSPS) is 13.1. The minimum Gasteiger partial charge on any atom is -0.489 e. The molecule has 0 atom stereocenters. The summed E-state index contributed by atoms with van der Waals surface area (Å²) in [4.78, 5) is 27.3. The first-order valence-electron chi connectivity index (χ1n) is 10.3. The van der Waals surface area contributed by atoms with Crippen LogP contribution in [0.15, 0.2) is 78.9 Å². The summed E-state index contributed by atoms with van der Waals surface area (Å²) in [6, 6.07) is 23.9. The van der Waals surface area contributed by atoms with E-state index in [-0.39, 0.29) is 12.5 Å². The number of para-hydroxylation sites is 1. The van der Waals surface area contributed by atoms with Crippen LogP contribution >= 0.6 is 11.8 Å². The van der Waals surface area contributed by atoms with Crippen molar-refractivity contribution in [1.82, 2.24) is 4.90 Å². The highest BCUT2D eigenvalue weighted by molar-refractivity contribution is 7.99. The van der Waals surface area contributed by atoms with Gasteiger partial charge in [-0.05, 0) is 47.5 Å². The molecule has 0 aromatic heterocycles. The molecule has 0 bridgehead atoms. The minimum atomic E-state index is -1.01. The Bertz CT molecular complexity index is 1070. The van der Waals surface area contributed by atoms with Gasteiger partial charge in [-0.25, -0.2) is 4.79 Å². The molecule has 0 spiro atoms. The number of amides is 2. The van der Waals surface area contributed by atoms with E-state index in [1.807, 2.05) is 71.6 Å². The summed E-state index contributed by atoms with van der Waals surface area (Å²) in [5.41, 5.74) is 3.10. The Kier molecular flexibility index (Phi) is 6.97. The van der Waals surface area contributed by atoms with Crippen LogP contribution in [0.1, 0.15) is 21.5 Å². The Morgan fingerprint density at radius 3 is 2.44 bits per heavy atom. The molecule has 1 aliphatic heterocycles. The van der Waals surface area contributed by atoms with Crippen molar-refractivity contribution >= 4 is 29.4 Å². The maximum Gasteiger partial charge on any atom is 0.412 e. The van der Waals surface area contributed by atoms with Gasteiger partial charge in [-0.3, -0.25) is 9.69 Å². The van der Waals surface area contributed by atoms with E-state index in [1.165, 1.54) is 4.90 Å². The summed E-state index contributed by atoms with van der Waals surface area (Å²) in [5, 5.41) is 9.61.